The first-order valence-electron chi connectivity index (χ1n) is 6.85. The summed E-state index contributed by atoms with van der Waals surface area (Å²) in [7, 11) is 1.64. The highest BCUT2D eigenvalue weighted by molar-refractivity contribution is 5.75. The molecule has 3 N–H and O–H groups in total. The third kappa shape index (κ3) is 6.93. The zero-order chi connectivity index (χ0) is 13.2. The van der Waals surface area contributed by atoms with Gasteiger partial charge in [-0.1, -0.05) is 0 Å². The number of hydrogen-bond donors (Lipinski definition) is 2. The summed E-state index contributed by atoms with van der Waals surface area (Å²) in [5.74, 6) is 0.0707. The molecule has 18 heavy (non-hydrogen) atoms. The van der Waals surface area contributed by atoms with Gasteiger partial charge in [0.2, 0.25) is 5.91 Å². The molecule has 0 aromatic carbocycles. The fourth-order valence-corrected chi connectivity index (χ4v) is 2.14. The summed E-state index contributed by atoms with van der Waals surface area (Å²) < 4.78 is 10.6. The van der Waals surface area contributed by atoms with Crippen molar-refractivity contribution in [2.45, 2.75) is 50.7 Å². The van der Waals surface area contributed by atoms with Crippen LogP contribution in [-0.2, 0) is 14.3 Å². The number of nitrogens with one attached hydrogen (secondary N) is 1. The number of ether oxygens (including phenoxy) is 2. The van der Waals surface area contributed by atoms with E-state index in [1.165, 1.54) is 0 Å². The molecule has 1 saturated carbocycles. The first kappa shape index (κ1) is 15.4. The maximum atomic E-state index is 11.4. The summed E-state index contributed by atoms with van der Waals surface area (Å²) in [6, 6.07) is 0.352. The van der Waals surface area contributed by atoms with Crippen molar-refractivity contribution in [3.8, 4) is 0 Å². The minimum Gasteiger partial charge on any atom is -0.385 e. The van der Waals surface area contributed by atoms with E-state index in [2.05, 4.69) is 5.32 Å². The van der Waals surface area contributed by atoms with Gasteiger partial charge < -0.3 is 20.5 Å². The highest BCUT2D eigenvalue weighted by Gasteiger charge is 2.18. The van der Waals surface area contributed by atoms with Gasteiger partial charge in [0.15, 0.2) is 0 Å². The van der Waals surface area contributed by atoms with Crippen LogP contribution >= 0.6 is 0 Å². The molecule has 1 aliphatic carbocycles. The lowest BCUT2D eigenvalue weighted by Crippen LogP contribution is -2.33. The van der Waals surface area contributed by atoms with Crippen molar-refractivity contribution in [3.63, 3.8) is 0 Å². The molecule has 106 valence electrons. The number of hydrogen-bond acceptors (Lipinski definition) is 4. The topological polar surface area (TPSA) is 73.6 Å². The Balaban J connectivity index is 1.93. The predicted octanol–water partition coefficient (Wildman–Crippen LogP) is 0.816. The van der Waals surface area contributed by atoms with E-state index in [9.17, 15) is 4.79 Å². The summed E-state index contributed by atoms with van der Waals surface area (Å²) in [4.78, 5) is 11.4. The summed E-state index contributed by atoms with van der Waals surface area (Å²) >= 11 is 0. The molecule has 0 heterocycles. The Morgan fingerprint density at radius 2 is 2.00 bits per heavy atom. The van der Waals surface area contributed by atoms with Gasteiger partial charge in [0, 0.05) is 32.7 Å². The van der Waals surface area contributed by atoms with Crippen LogP contribution in [0.3, 0.4) is 0 Å². The zero-order valence-electron chi connectivity index (χ0n) is 11.3. The van der Waals surface area contributed by atoms with E-state index in [1.54, 1.807) is 7.11 Å². The predicted molar refractivity (Wildman–Crippen MR) is 70.3 cm³/mol. The van der Waals surface area contributed by atoms with Crippen LogP contribution < -0.4 is 11.1 Å². The standard InChI is InChI=1S/C13H26N2O3/c1-17-9-2-3-13(16)15-8-10-18-12-6-4-11(14)5-7-12/h11-12H,2-10,14H2,1H3,(H,15,16). The number of nitrogens with two attached hydrogens (primary N) is 1. The first-order chi connectivity index (χ1) is 8.72. The number of carbonyl (C=O) groups is 1. The quantitative estimate of drug-likeness (QED) is 0.632. The molecule has 1 rings (SSSR count). The van der Waals surface area contributed by atoms with Gasteiger partial charge in [-0.25, -0.2) is 0 Å². The largest absolute Gasteiger partial charge is 0.385 e. The van der Waals surface area contributed by atoms with E-state index < -0.39 is 0 Å². The van der Waals surface area contributed by atoms with Crippen molar-refractivity contribution in [2.24, 2.45) is 5.73 Å². The lowest BCUT2D eigenvalue weighted by Gasteiger charge is -2.26. The van der Waals surface area contributed by atoms with Crippen molar-refractivity contribution in [3.05, 3.63) is 0 Å². The van der Waals surface area contributed by atoms with Crippen molar-refractivity contribution in [1.29, 1.82) is 0 Å². The molecule has 0 bridgehead atoms. The Bertz CT molecular complexity index is 228. The molecular formula is C13H26N2O3. The number of carbonyl (C=O) groups excluding carboxylic acids is 1. The summed E-state index contributed by atoms with van der Waals surface area (Å²) in [6.45, 7) is 1.82. The fraction of sp³-hybridized carbons (Fsp3) is 0.923. The van der Waals surface area contributed by atoms with Crippen molar-refractivity contribution >= 4 is 5.91 Å². The number of methoxy groups -OCH3 is 1. The lowest BCUT2D eigenvalue weighted by molar-refractivity contribution is -0.121. The van der Waals surface area contributed by atoms with E-state index in [4.69, 9.17) is 15.2 Å². The number of amides is 1. The monoisotopic (exact) mass is 258 g/mol. The summed E-state index contributed by atoms with van der Waals surface area (Å²) in [5, 5.41) is 2.85. The third-order valence-electron chi connectivity index (χ3n) is 3.25. The Kier molecular flexibility index (Phi) is 7.96. The van der Waals surface area contributed by atoms with Crippen LogP contribution in [0.2, 0.25) is 0 Å². The molecular weight excluding hydrogens is 232 g/mol. The van der Waals surface area contributed by atoms with Crippen LogP contribution in [0.1, 0.15) is 38.5 Å². The van der Waals surface area contributed by atoms with Crippen molar-refractivity contribution in [1.82, 2.24) is 5.32 Å². The number of rotatable bonds is 8. The van der Waals surface area contributed by atoms with Crippen LogP contribution in [0.4, 0.5) is 0 Å². The van der Waals surface area contributed by atoms with E-state index in [1.807, 2.05) is 0 Å². The van der Waals surface area contributed by atoms with Gasteiger partial charge in [-0.2, -0.15) is 0 Å². The molecule has 0 aromatic heterocycles. The second-order valence-corrected chi connectivity index (χ2v) is 4.85. The normalized spacial score (nSPS) is 23.9. The maximum absolute atomic E-state index is 11.4. The fourth-order valence-electron chi connectivity index (χ4n) is 2.14. The minimum atomic E-state index is 0.0707. The molecule has 0 unspecified atom stereocenters. The molecule has 1 fully saturated rings. The van der Waals surface area contributed by atoms with Crippen LogP contribution in [0.5, 0.6) is 0 Å². The first-order valence-corrected chi connectivity index (χ1v) is 6.85. The van der Waals surface area contributed by atoms with Gasteiger partial charge in [0.05, 0.1) is 12.7 Å². The maximum Gasteiger partial charge on any atom is 0.220 e. The molecule has 1 amide bonds. The van der Waals surface area contributed by atoms with Gasteiger partial charge in [-0.15, -0.1) is 0 Å². The molecule has 0 spiro atoms. The highest BCUT2D eigenvalue weighted by atomic mass is 16.5. The lowest BCUT2D eigenvalue weighted by atomic mass is 9.94. The van der Waals surface area contributed by atoms with Gasteiger partial charge in [0.25, 0.3) is 0 Å². The molecule has 0 radical (unpaired) electrons. The van der Waals surface area contributed by atoms with Crippen LogP contribution in [0, 0.1) is 0 Å². The molecule has 1 aliphatic rings. The minimum absolute atomic E-state index is 0.0707. The average Bonchev–Trinajstić information content (AvgIpc) is 2.37. The molecule has 0 saturated heterocycles. The molecule has 5 heteroatoms. The Morgan fingerprint density at radius 3 is 2.67 bits per heavy atom. The third-order valence-corrected chi connectivity index (χ3v) is 3.25. The molecule has 0 aromatic rings. The summed E-state index contributed by atoms with van der Waals surface area (Å²) in [6.07, 6.45) is 5.80. The molecule has 5 nitrogen and oxygen atoms in total. The van der Waals surface area contributed by atoms with Gasteiger partial charge in [-0.3, -0.25) is 4.79 Å². The summed E-state index contributed by atoms with van der Waals surface area (Å²) in [5.41, 5.74) is 5.83. The second-order valence-electron chi connectivity index (χ2n) is 4.85. The van der Waals surface area contributed by atoms with E-state index in [0.29, 0.717) is 38.3 Å². The van der Waals surface area contributed by atoms with Crippen LogP contribution in [-0.4, -0.2) is 44.9 Å². The highest BCUT2D eigenvalue weighted by Crippen LogP contribution is 2.19. The van der Waals surface area contributed by atoms with Gasteiger partial charge in [0.1, 0.15) is 0 Å². The molecule has 0 aliphatic heterocycles. The Labute approximate surface area is 109 Å². The van der Waals surface area contributed by atoms with Crippen LogP contribution in [0.15, 0.2) is 0 Å². The average molecular weight is 258 g/mol. The SMILES string of the molecule is COCCCC(=O)NCCOC1CCC(N)CC1. The Hall–Kier alpha value is -0.650. The van der Waals surface area contributed by atoms with Gasteiger partial charge in [-0.05, 0) is 32.1 Å². The van der Waals surface area contributed by atoms with Crippen LogP contribution in [0.25, 0.3) is 0 Å². The van der Waals surface area contributed by atoms with E-state index in [0.717, 1.165) is 32.1 Å². The van der Waals surface area contributed by atoms with E-state index in [-0.39, 0.29) is 5.91 Å². The molecule has 0 atom stereocenters. The second kappa shape index (κ2) is 9.30. The van der Waals surface area contributed by atoms with E-state index >= 15 is 0 Å². The smallest absolute Gasteiger partial charge is 0.220 e. The zero-order valence-corrected chi connectivity index (χ0v) is 11.3. The van der Waals surface area contributed by atoms with Crippen molar-refractivity contribution in [2.75, 3.05) is 26.9 Å². The van der Waals surface area contributed by atoms with Crippen molar-refractivity contribution < 1.29 is 14.3 Å². The van der Waals surface area contributed by atoms with Gasteiger partial charge >= 0.3 is 0 Å². The Morgan fingerprint density at radius 1 is 1.28 bits per heavy atom.